The molecule has 0 aromatic heterocycles. The lowest BCUT2D eigenvalue weighted by Gasteiger charge is -2.29. The van der Waals surface area contributed by atoms with Crippen LogP contribution in [0.15, 0.2) is 24.3 Å². The molecule has 5 nitrogen and oxygen atoms in total. The Labute approximate surface area is 119 Å². The molecule has 110 valence electrons. The molecule has 1 amide bonds. The third kappa shape index (κ3) is 4.59. The number of amides is 1. The largest absolute Gasteiger partial charge is 0.393 e. The van der Waals surface area contributed by atoms with Crippen molar-refractivity contribution >= 4 is 11.6 Å². The van der Waals surface area contributed by atoms with Gasteiger partial charge >= 0.3 is 0 Å². The van der Waals surface area contributed by atoms with Crippen LogP contribution >= 0.6 is 0 Å². The average Bonchev–Trinajstić information content (AvgIpc) is 2.47. The van der Waals surface area contributed by atoms with Crippen LogP contribution in [0.25, 0.3) is 0 Å². The van der Waals surface area contributed by atoms with Crippen molar-refractivity contribution in [2.75, 3.05) is 25.0 Å². The fraction of sp³-hybridized carbons (Fsp3) is 0.533. The van der Waals surface area contributed by atoms with E-state index in [1.165, 1.54) is 0 Å². The Kier molecular flexibility index (Phi) is 5.52. The van der Waals surface area contributed by atoms with E-state index in [4.69, 9.17) is 5.73 Å². The normalized spacial score (nSPS) is 17.1. The molecule has 1 aliphatic heterocycles. The minimum atomic E-state index is -0.166. The molecule has 20 heavy (non-hydrogen) atoms. The highest BCUT2D eigenvalue weighted by Gasteiger charge is 2.17. The van der Waals surface area contributed by atoms with Crippen LogP contribution in [0, 0.1) is 0 Å². The maximum Gasteiger partial charge on any atom is 0.225 e. The van der Waals surface area contributed by atoms with E-state index < -0.39 is 0 Å². The van der Waals surface area contributed by atoms with Gasteiger partial charge in [-0.3, -0.25) is 4.79 Å². The third-order valence-electron chi connectivity index (χ3n) is 3.69. The van der Waals surface area contributed by atoms with Gasteiger partial charge in [-0.1, -0.05) is 12.1 Å². The maximum atomic E-state index is 11.9. The van der Waals surface area contributed by atoms with Gasteiger partial charge in [0.15, 0.2) is 0 Å². The molecule has 4 N–H and O–H groups in total. The first-order chi connectivity index (χ1) is 9.67. The standard InChI is InChI=1S/C15H23N3O2/c16-11-12-1-3-13(4-2-12)17-15(20)7-10-18-8-5-14(19)6-9-18/h1-4,14,19H,5-11,16H2,(H,17,20). The SMILES string of the molecule is NCc1ccc(NC(=O)CCN2CCC(O)CC2)cc1. The lowest BCUT2D eigenvalue weighted by atomic mass is 10.1. The van der Waals surface area contributed by atoms with Crippen molar-refractivity contribution in [3.05, 3.63) is 29.8 Å². The number of aliphatic hydroxyl groups excluding tert-OH is 1. The van der Waals surface area contributed by atoms with Crippen LogP contribution in [-0.2, 0) is 11.3 Å². The molecule has 1 aromatic rings. The van der Waals surface area contributed by atoms with E-state index in [-0.39, 0.29) is 12.0 Å². The number of carbonyl (C=O) groups is 1. The predicted molar refractivity (Wildman–Crippen MR) is 79.3 cm³/mol. The van der Waals surface area contributed by atoms with Crippen molar-refractivity contribution < 1.29 is 9.90 Å². The van der Waals surface area contributed by atoms with Gasteiger partial charge in [0.05, 0.1) is 6.10 Å². The summed E-state index contributed by atoms with van der Waals surface area (Å²) in [5.74, 6) is 0.0246. The second-order valence-corrected chi connectivity index (χ2v) is 5.27. The Morgan fingerprint density at radius 2 is 1.95 bits per heavy atom. The summed E-state index contributed by atoms with van der Waals surface area (Å²) in [6, 6.07) is 7.58. The number of nitrogens with two attached hydrogens (primary N) is 1. The van der Waals surface area contributed by atoms with Crippen molar-refractivity contribution in [3.8, 4) is 0 Å². The molecule has 1 aromatic carbocycles. The molecular formula is C15H23N3O2. The first-order valence-electron chi connectivity index (χ1n) is 7.16. The number of nitrogens with one attached hydrogen (secondary N) is 1. The van der Waals surface area contributed by atoms with E-state index in [2.05, 4.69) is 10.2 Å². The zero-order valence-electron chi connectivity index (χ0n) is 11.7. The fourth-order valence-electron chi connectivity index (χ4n) is 2.35. The van der Waals surface area contributed by atoms with Gasteiger partial charge in [0.1, 0.15) is 0 Å². The molecule has 1 heterocycles. The van der Waals surface area contributed by atoms with Crippen LogP contribution in [0.5, 0.6) is 0 Å². The minimum Gasteiger partial charge on any atom is -0.393 e. The number of rotatable bonds is 5. The summed E-state index contributed by atoms with van der Waals surface area (Å²) >= 11 is 0. The number of hydrogen-bond donors (Lipinski definition) is 3. The van der Waals surface area contributed by atoms with Gasteiger partial charge in [-0.2, -0.15) is 0 Å². The number of piperidine rings is 1. The van der Waals surface area contributed by atoms with Crippen LogP contribution in [0.4, 0.5) is 5.69 Å². The summed E-state index contributed by atoms with van der Waals surface area (Å²) in [6.45, 7) is 3.01. The van der Waals surface area contributed by atoms with Crippen molar-refractivity contribution in [2.24, 2.45) is 5.73 Å². The zero-order chi connectivity index (χ0) is 14.4. The molecule has 0 atom stereocenters. The number of anilines is 1. The van der Waals surface area contributed by atoms with Crippen LogP contribution in [0.2, 0.25) is 0 Å². The van der Waals surface area contributed by atoms with E-state index in [0.717, 1.165) is 43.7 Å². The van der Waals surface area contributed by atoms with E-state index in [0.29, 0.717) is 13.0 Å². The van der Waals surface area contributed by atoms with Crippen LogP contribution in [0.1, 0.15) is 24.8 Å². The number of carbonyl (C=O) groups excluding carboxylic acids is 1. The van der Waals surface area contributed by atoms with Crippen molar-refractivity contribution in [1.29, 1.82) is 0 Å². The fourth-order valence-corrected chi connectivity index (χ4v) is 2.35. The van der Waals surface area contributed by atoms with Gasteiger partial charge < -0.3 is 21.1 Å². The van der Waals surface area contributed by atoms with Gasteiger partial charge in [0.25, 0.3) is 0 Å². The third-order valence-corrected chi connectivity index (χ3v) is 3.69. The predicted octanol–water partition coefficient (Wildman–Crippen LogP) is 0.931. The molecule has 1 aliphatic rings. The van der Waals surface area contributed by atoms with Crippen molar-refractivity contribution in [1.82, 2.24) is 4.90 Å². The summed E-state index contributed by atoms with van der Waals surface area (Å²) < 4.78 is 0. The summed E-state index contributed by atoms with van der Waals surface area (Å²) in [5.41, 5.74) is 7.39. The number of nitrogens with zero attached hydrogens (tertiary/aromatic N) is 1. The average molecular weight is 277 g/mol. The molecule has 0 saturated carbocycles. The molecule has 2 rings (SSSR count). The zero-order valence-corrected chi connectivity index (χ0v) is 11.7. The molecule has 0 radical (unpaired) electrons. The summed E-state index contributed by atoms with van der Waals surface area (Å²) in [5, 5.41) is 12.3. The number of benzene rings is 1. The van der Waals surface area contributed by atoms with Crippen LogP contribution in [0.3, 0.4) is 0 Å². The Morgan fingerprint density at radius 1 is 1.30 bits per heavy atom. The van der Waals surface area contributed by atoms with Gasteiger partial charge in [-0.05, 0) is 30.5 Å². The molecule has 1 saturated heterocycles. The number of aliphatic hydroxyl groups is 1. The molecule has 0 spiro atoms. The van der Waals surface area contributed by atoms with E-state index in [1.807, 2.05) is 24.3 Å². The van der Waals surface area contributed by atoms with Crippen LogP contribution < -0.4 is 11.1 Å². The van der Waals surface area contributed by atoms with Crippen LogP contribution in [-0.4, -0.2) is 41.7 Å². The summed E-state index contributed by atoms with van der Waals surface area (Å²) in [6.07, 6.45) is 1.93. The van der Waals surface area contributed by atoms with Gasteiger partial charge in [-0.15, -0.1) is 0 Å². The molecule has 0 aliphatic carbocycles. The van der Waals surface area contributed by atoms with Crippen molar-refractivity contribution in [3.63, 3.8) is 0 Å². The lowest BCUT2D eigenvalue weighted by molar-refractivity contribution is -0.116. The van der Waals surface area contributed by atoms with Gasteiger partial charge in [0, 0.05) is 38.3 Å². The van der Waals surface area contributed by atoms with E-state index in [1.54, 1.807) is 0 Å². The smallest absolute Gasteiger partial charge is 0.225 e. The Balaban J connectivity index is 1.72. The van der Waals surface area contributed by atoms with Crippen molar-refractivity contribution in [2.45, 2.75) is 31.9 Å². The topological polar surface area (TPSA) is 78.6 Å². The Bertz CT molecular complexity index is 425. The molecular weight excluding hydrogens is 254 g/mol. The van der Waals surface area contributed by atoms with E-state index in [9.17, 15) is 9.90 Å². The molecule has 1 fully saturated rings. The lowest BCUT2D eigenvalue weighted by Crippen LogP contribution is -2.37. The first kappa shape index (κ1) is 15.0. The second-order valence-electron chi connectivity index (χ2n) is 5.27. The Hall–Kier alpha value is -1.43. The highest BCUT2D eigenvalue weighted by atomic mass is 16.3. The first-order valence-corrected chi connectivity index (χ1v) is 7.16. The van der Waals surface area contributed by atoms with Gasteiger partial charge in [0.2, 0.25) is 5.91 Å². The summed E-state index contributed by atoms with van der Waals surface area (Å²) in [4.78, 5) is 14.1. The molecule has 0 bridgehead atoms. The maximum absolute atomic E-state index is 11.9. The Morgan fingerprint density at radius 3 is 2.55 bits per heavy atom. The monoisotopic (exact) mass is 277 g/mol. The highest BCUT2D eigenvalue weighted by molar-refractivity contribution is 5.90. The highest BCUT2D eigenvalue weighted by Crippen LogP contribution is 2.12. The minimum absolute atomic E-state index is 0.0246. The van der Waals surface area contributed by atoms with Gasteiger partial charge in [-0.25, -0.2) is 0 Å². The molecule has 5 heteroatoms. The summed E-state index contributed by atoms with van der Waals surface area (Å²) in [7, 11) is 0. The number of hydrogen-bond acceptors (Lipinski definition) is 4. The quantitative estimate of drug-likeness (QED) is 0.748. The second kappa shape index (κ2) is 7.38. The number of likely N-dealkylation sites (tertiary alicyclic amines) is 1. The van der Waals surface area contributed by atoms with E-state index >= 15 is 0 Å². The molecule has 0 unspecified atom stereocenters.